The molecule has 0 aliphatic rings. The number of likely N-dealkylation sites (N-methyl/N-ethyl adjacent to an activating group) is 1. The zero-order chi connectivity index (χ0) is 12.9. The van der Waals surface area contributed by atoms with Crippen LogP contribution in [0, 0.1) is 0 Å². The summed E-state index contributed by atoms with van der Waals surface area (Å²) in [6.07, 6.45) is 3.06. The summed E-state index contributed by atoms with van der Waals surface area (Å²) < 4.78 is 0. The summed E-state index contributed by atoms with van der Waals surface area (Å²) in [7, 11) is 0. The van der Waals surface area contributed by atoms with Crippen molar-refractivity contribution in [2.24, 2.45) is 0 Å². The van der Waals surface area contributed by atoms with Crippen molar-refractivity contribution >= 4 is 17.1 Å². The van der Waals surface area contributed by atoms with E-state index in [0.717, 1.165) is 24.5 Å². The van der Waals surface area contributed by atoms with Crippen molar-refractivity contribution in [3.05, 3.63) is 16.6 Å². The zero-order valence-electron chi connectivity index (χ0n) is 11.2. The SMILES string of the molecule is CCN(CC)C(C)(CC)C(=O)Cc1nccs1. The molecule has 0 saturated carbocycles. The third kappa shape index (κ3) is 3.13. The van der Waals surface area contributed by atoms with Crippen LogP contribution in [0.5, 0.6) is 0 Å². The number of ketones is 1. The number of aromatic nitrogens is 1. The van der Waals surface area contributed by atoms with Gasteiger partial charge in [0.15, 0.2) is 5.78 Å². The first-order chi connectivity index (χ1) is 8.08. The predicted octanol–water partition coefficient (Wildman–Crippen LogP) is 2.77. The van der Waals surface area contributed by atoms with Gasteiger partial charge >= 0.3 is 0 Å². The maximum atomic E-state index is 12.4. The monoisotopic (exact) mass is 254 g/mol. The van der Waals surface area contributed by atoms with Crippen LogP contribution >= 0.6 is 11.3 Å². The highest BCUT2D eigenvalue weighted by Gasteiger charge is 2.35. The van der Waals surface area contributed by atoms with Gasteiger partial charge in [-0.15, -0.1) is 11.3 Å². The molecule has 1 rings (SSSR count). The van der Waals surface area contributed by atoms with E-state index in [9.17, 15) is 4.79 Å². The number of Topliss-reactive ketones (excluding diaryl/α,β-unsaturated/α-hetero) is 1. The molecule has 17 heavy (non-hydrogen) atoms. The third-order valence-electron chi connectivity index (χ3n) is 3.55. The Morgan fingerprint density at radius 1 is 1.41 bits per heavy atom. The first kappa shape index (κ1) is 14.3. The van der Waals surface area contributed by atoms with Gasteiger partial charge in [0.05, 0.1) is 17.0 Å². The fourth-order valence-electron chi connectivity index (χ4n) is 2.19. The minimum absolute atomic E-state index is 0.277. The molecule has 0 bridgehead atoms. The molecule has 0 fully saturated rings. The van der Waals surface area contributed by atoms with Crippen LogP contribution in [-0.2, 0) is 11.2 Å². The molecule has 3 nitrogen and oxygen atoms in total. The smallest absolute Gasteiger partial charge is 0.159 e. The van der Waals surface area contributed by atoms with Crippen LogP contribution in [0.15, 0.2) is 11.6 Å². The van der Waals surface area contributed by atoms with Crippen LogP contribution in [0.2, 0.25) is 0 Å². The summed E-state index contributed by atoms with van der Waals surface area (Å²) in [5.41, 5.74) is -0.352. The van der Waals surface area contributed by atoms with Crippen molar-refractivity contribution in [3.63, 3.8) is 0 Å². The van der Waals surface area contributed by atoms with Gasteiger partial charge < -0.3 is 0 Å². The van der Waals surface area contributed by atoms with Gasteiger partial charge in [0.25, 0.3) is 0 Å². The topological polar surface area (TPSA) is 33.2 Å². The number of thiazole rings is 1. The van der Waals surface area contributed by atoms with Crippen molar-refractivity contribution in [2.75, 3.05) is 13.1 Å². The first-order valence-electron chi connectivity index (χ1n) is 6.25. The largest absolute Gasteiger partial charge is 0.297 e. The van der Waals surface area contributed by atoms with Gasteiger partial charge in [0, 0.05) is 11.6 Å². The molecule has 1 aromatic heterocycles. The molecule has 0 spiro atoms. The normalized spacial score (nSPS) is 14.9. The molecule has 0 amide bonds. The number of hydrogen-bond donors (Lipinski definition) is 0. The lowest BCUT2D eigenvalue weighted by Crippen LogP contribution is -2.52. The molecule has 0 N–H and O–H groups in total. The lowest BCUT2D eigenvalue weighted by atomic mass is 9.89. The highest BCUT2D eigenvalue weighted by Crippen LogP contribution is 2.22. The predicted molar refractivity (Wildman–Crippen MR) is 72.4 cm³/mol. The number of carbonyl (C=O) groups is 1. The molecule has 96 valence electrons. The zero-order valence-corrected chi connectivity index (χ0v) is 12.0. The summed E-state index contributed by atoms with van der Waals surface area (Å²) in [5, 5.41) is 2.84. The molecule has 0 aromatic carbocycles. The Kier molecular flexibility index (Phi) is 5.28. The van der Waals surface area contributed by atoms with Crippen molar-refractivity contribution in [1.29, 1.82) is 0 Å². The van der Waals surface area contributed by atoms with Crippen LogP contribution in [0.3, 0.4) is 0 Å². The van der Waals surface area contributed by atoms with E-state index in [0.29, 0.717) is 6.42 Å². The van der Waals surface area contributed by atoms with Crippen molar-refractivity contribution in [2.45, 2.75) is 46.1 Å². The van der Waals surface area contributed by atoms with E-state index >= 15 is 0 Å². The van der Waals surface area contributed by atoms with Crippen molar-refractivity contribution < 1.29 is 4.79 Å². The van der Waals surface area contributed by atoms with Crippen LogP contribution in [-0.4, -0.2) is 34.3 Å². The Labute approximate surface area is 108 Å². The number of nitrogens with zero attached hydrogens (tertiary/aromatic N) is 2. The van der Waals surface area contributed by atoms with Gasteiger partial charge in [0.1, 0.15) is 0 Å². The van der Waals surface area contributed by atoms with Gasteiger partial charge in [-0.2, -0.15) is 0 Å². The Bertz CT molecular complexity index is 346. The quantitative estimate of drug-likeness (QED) is 0.750. The van der Waals surface area contributed by atoms with E-state index in [2.05, 4.69) is 37.6 Å². The average molecular weight is 254 g/mol. The third-order valence-corrected chi connectivity index (χ3v) is 4.33. The van der Waals surface area contributed by atoms with E-state index in [1.807, 2.05) is 5.38 Å². The Morgan fingerprint density at radius 3 is 2.47 bits per heavy atom. The number of rotatable bonds is 7. The highest BCUT2D eigenvalue weighted by atomic mass is 32.1. The second-order valence-electron chi connectivity index (χ2n) is 4.33. The number of hydrogen-bond acceptors (Lipinski definition) is 4. The van der Waals surface area contributed by atoms with E-state index in [-0.39, 0.29) is 11.3 Å². The summed E-state index contributed by atoms with van der Waals surface area (Å²) in [6.45, 7) is 10.2. The maximum absolute atomic E-state index is 12.4. The minimum atomic E-state index is -0.352. The standard InChI is InChI=1S/C13H22N2OS/c1-5-13(4,15(6-2)7-3)11(16)10-12-14-8-9-17-12/h8-9H,5-7,10H2,1-4H3. The lowest BCUT2D eigenvalue weighted by molar-refractivity contribution is -0.129. The molecule has 1 atom stereocenters. The Hall–Kier alpha value is -0.740. The number of carbonyl (C=O) groups excluding carboxylic acids is 1. The summed E-state index contributed by atoms with van der Waals surface area (Å²) in [4.78, 5) is 18.9. The van der Waals surface area contributed by atoms with Crippen molar-refractivity contribution in [1.82, 2.24) is 9.88 Å². The fourth-order valence-corrected chi connectivity index (χ4v) is 2.80. The van der Waals surface area contributed by atoms with Gasteiger partial charge in [-0.25, -0.2) is 4.98 Å². The van der Waals surface area contributed by atoms with E-state index in [1.54, 1.807) is 17.5 Å². The summed E-state index contributed by atoms with van der Waals surface area (Å²) in [5.74, 6) is 0.277. The molecule has 4 heteroatoms. The maximum Gasteiger partial charge on any atom is 0.159 e. The molecule has 1 heterocycles. The van der Waals surface area contributed by atoms with Gasteiger partial charge in [-0.05, 0) is 26.4 Å². The minimum Gasteiger partial charge on any atom is -0.297 e. The van der Waals surface area contributed by atoms with Crippen LogP contribution in [0.25, 0.3) is 0 Å². The average Bonchev–Trinajstić information content (AvgIpc) is 2.82. The molecule has 0 radical (unpaired) electrons. The molecular weight excluding hydrogens is 232 g/mol. The Morgan fingerprint density at radius 2 is 2.06 bits per heavy atom. The van der Waals surface area contributed by atoms with Crippen LogP contribution in [0.1, 0.15) is 39.1 Å². The fraction of sp³-hybridized carbons (Fsp3) is 0.692. The summed E-state index contributed by atoms with van der Waals surface area (Å²) in [6, 6.07) is 0. The van der Waals surface area contributed by atoms with Crippen molar-refractivity contribution in [3.8, 4) is 0 Å². The summed E-state index contributed by atoms with van der Waals surface area (Å²) >= 11 is 1.55. The van der Waals surface area contributed by atoms with E-state index in [4.69, 9.17) is 0 Å². The lowest BCUT2D eigenvalue weighted by Gasteiger charge is -2.38. The second kappa shape index (κ2) is 6.26. The molecule has 1 unspecified atom stereocenters. The highest BCUT2D eigenvalue weighted by molar-refractivity contribution is 7.09. The van der Waals surface area contributed by atoms with Crippen LogP contribution in [0.4, 0.5) is 0 Å². The second-order valence-corrected chi connectivity index (χ2v) is 5.30. The molecule has 0 saturated heterocycles. The molecule has 0 aliphatic heterocycles. The Balaban J connectivity index is 2.81. The van der Waals surface area contributed by atoms with Gasteiger partial charge in [0.2, 0.25) is 0 Å². The van der Waals surface area contributed by atoms with E-state index in [1.165, 1.54) is 0 Å². The molecule has 0 aliphatic carbocycles. The van der Waals surface area contributed by atoms with Gasteiger partial charge in [-0.3, -0.25) is 9.69 Å². The van der Waals surface area contributed by atoms with Crippen LogP contribution < -0.4 is 0 Å². The first-order valence-corrected chi connectivity index (χ1v) is 7.13. The van der Waals surface area contributed by atoms with Gasteiger partial charge in [-0.1, -0.05) is 20.8 Å². The molecule has 1 aromatic rings. The van der Waals surface area contributed by atoms with E-state index < -0.39 is 0 Å². The molecular formula is C13H22N2OS.